The third kappa shape index (κ3) is 8.81. The lowest BCUT2D eigenvalue weighted by molar-refractivity contribution is 0.474. The van der Waals surface area contributed by atoms with Crippen molar-refractivity contribution in [2.24, 2.45) is 0 Å². The van der Waals surface area contributed by atoms with Gasteiger partial charge >= 0.3 is 0 Å². The molecule has 58 heavy (non-hydrogen) atoms. The topological polar surface area (TPSA) is 142 Å². The summed E-state index contributed by atoms with van der Waals surface area (Å²) >= 11 is 3.13. The summed E-state index contributed by atoms with van der Waals surface area (Å²) in [5, 5.41) is 28.5. The number of phenolic OH excluding ortho intramolecular Hbond substituents is 2. The second-order valence-corrected chi connectivity index (χ2v) is 16.3. The first kappa shape index (κ1) is 38.2. The van der Waals surface area contributed by atoms with Gasteiger partial charge in [-0.3, -0.25) is 0 Å². The predicted octanol–water partition coefficient (Wildman–Crippen LogP) is 11.2. The van der Waals surface area contributed by atoms with Gasteiger partial charge in [-0.05, 0) is 121 Å². The fourth-order valence-electron chi connectivity index (χ4n) is 6.03. The van der Waals surface area contributed by atoms with Crippen molar-refractivity contribution >= 4 is 68.6 Å². The van der Waals surface area contributed by atoms with Crippen LogP contribution in [0.1, 0.15) is 62.0 Å². The smallest absolute Gasteiger partial charge is 0.164 e. The average molecular weight is 799 g/mol. The molecule has 0 saturated carbocycles. The van der Waals surface area contributed by atoms with E-state index in [0.717, 1.165) is 64.2 Å². The highest BCUT2D eigenvalue weighted by Crippen LogP contribution is 2.39. The lowest BCUT2D eigenvalue weighted by atomic mass is 10.1. The molecule has 4 aromatic carbocycles. The second kappa shape index (κ2) is 16.8. The zero-order valence-corrected chi connectivity index (χ0v) is 33.7. The highest BCUT2D eigenvalue weighted by atomic mass is 32.2. The monoisotopic (exact) mass is 798 g/mol. The summed E-state index contributed by atoms with van der Waals surface area (Å²) in [6, 6.07) is 34.4. The zero-order chi connectivity index (χ0) is 40.2. The zero-order valence-electron chi connectivity index (χ0n) is 32.1. The first-order valence-corrected chi connectivity index (χ1v) is 20.3. The van der Waals surface area contributed by atoms with E-state index in [4.69, 9.17) is 9.97 Å². The van der Waals surface area contributed by atoms with E-state index in [1.807, 2.05) is 84.9 Å². The maximum absolute atomic E-state index is 9.89. The number of hydrogen-bond acceptors (Lipinski definition) is 12. The molecule has 10 nitrogen and oxygen atoms in total. The molecule has 12 heteroatoms. The molecule has 0 fully saturated rings. The lowest BCUT2D eigenvalue weighted by Gasteiger charge is -2.14. The van der Waals surface area contributed by atoms with Crippen molar-refractivity contribution in [3.05, 3.63) is 144 Å². The van der Waals surface area contributed by atoms with Gasteiger partial charge in [-0.2, -0.15) is 0 Å². The number of aromatic hydroxyl groups is 2. The molecule has 0 atom stereocenters. The first-order valence-electron chi connectivity index (χ1n) is 18.7. The molecule has 0 bridgehead atoms. The minimum atomic E-state index is 0.210. The van der Waals surface area contributed by atoms with Crippen LogP contribution in [0.3, 0.4) is 0 Å². The van der Waals surface area contributed by atoms with E-state index in [-0.39, 0.29) is 23.3 Å². The molecular weight excluding hydrogens is 761 g/mol. The fourth-order valence-corrected chi connectivity index (χ4v) is 7.79. The Morgan fingerprint density at radius 3 is 1.31 bits per heavy atom. The molecule has 0 spiro atoms. The first-order chi connectivity index (χ1) is 28.1. The summed E-state index contributed by atoms with van der Waals surface area (Å²) in [5.74, 6) is 8.98. The van der Waals surface area contributed by atoms with Crippen molar-refractivity contribution < 1.29 is 10.2 Å². The summed E-state index contributed by atoms with van der Waals surface area (Å²) in [5.41, 5.74) is 6.38. The molecule has 0 aliphatic heterocycles. The summed E-state index contributed by atoms with van der Waals surface area (Å²) in [4.78, 5) is 31.5. The number of phenols is 2. The largest absolute Gasteiger partial charge is 0.508 e. The molecular formula is C46H38N8O2S2. The molecule has 0 unspecified atom stereocenters. The van der Waals surface area contributed by atoms with Crippen molar-refractivity contribution in [1.82, 2.24) is 29.9 Å². The van der Waals surface area contributed by atoms with Crippen LogP contribution in [0.5, 0.6) is 11.5 Å². The number of aromatic nitrogens is 6. The molecule has 0 radical (unpaired) electrons. The lowest BCUT2D eigenvalue weighted by Crippen LogP contribution is -2.01. The van der Waals surface area contributed by atoms with Gasteiger partial charge in [0.15, 0.2) is 11.3 Å². The average Bonchev–Trinajstić information content (AvgIpc) is 3.23. The predicted molar refractivity (Wildman–Crippen MR) is 233 cm³/mol. The summed E-state index contributed by atoms with van der Waals surface area (Å²) in [6.45, 7) is 8.43. The Morgan fingerprint density at radius 1 is 0.500 bits per heavy atom. The van der Waals surface area contributed by atoms with E-state index in [1.54, 1.807) is 47.8 Å². The molecule has 0 amide bonds. The van der Waals surface area contributed by atoms with Gasteiger partial charge in [0.05, 0.1) is 22.1 Å². The van der Waals surface area contributed by atoms with Crippen LogP contribution in [0.4, 0.5) is 23.0 Å². The van der Waals surface area contributed by atoms with E-state index in [0.29, 0.717) is 22.9 Å². The second-order valence-electron chi connectivity index (χ2n) is 14.1. The molecule has 8 rings (SSSR count). The number of nitrogens with one attached hydrogen (secondary N) is 2. The minimum Gasteiger partial charge on any atom is -0.508 e. The van der Waals surface area contributed by atoms with Crippen LogP contribution in [-0.2, 0) is 0 Å². The van der Waals surface area contributed by atoms with E-state index in [9.17, 15) is 10.2 Å². The van der Waals surface area contributed by atoms with Gasteiger partial charge in [0, 0.05) is 42.1 Å². The fraction of sp³-hybridized carbons (Fsp3) is 0.130. The van der Waals surface area contributed by atoms with Crippen molar-refractivity contribution in [3.63, 3.8) is 0 Å². The van der Waals surface area contributed by atoms with E-state index >= 15 is 0 Å². The van der Waals surface area contributed by atoms with Gasteiger partial charge in [-0.15, -0.1) is 0 Å². The van der Waals surface area contributed by atoms with Gasteiger partial charge < -0.3 is 20.8 Å². The Labute approximate surface area is 344 Å². The van der Waals surface area contributed by atoms with Gasteiger partial charge in [-0.25, -0.2) is 29.9 Å². The number of benzene rings is 4. The van der Waals surface area contributed by atoms with E-state index < -0.39 is 0 Å². The van der Waals surface area contributed by atoms with Crippen LogP contribution in [0.2, 0.25) is 0 Å². The van der Waals surface area contributed by atoms with Crippen LogP contribution in [-0.4, -0.2) is 40.1 Å². The highest BCUT2D eigenvalue weighted by Gasteiger charge is 2.14. The van der Waals surface area contributed by atoms with Gasteiger partial charge in [0.25, 0.3) is 0 Å². The van der Waals surface area contributed by atoms with Crippen molar-refractivity contribution in [3.8, 4) is 23.3 Å². The molecule has 0 saturated heterocycles. The van der Waals surface area contributed by atoms with Gasteiger partial charge in [-0.1, -0.05) is 63.1 Å². The molecule has 8 aromatic rings. The Hall–Kier alpha value is -6.68. The Bertz CT molecular complexity index is 2650. The summed E-state index contributed by atoms with van der Waals surface area (Å²) < 4.78 is 0. The van der Waals surface area contributed by atoms with E-state index in [2.05, 4.69) is 70.1 Å². The molecule has 0 aliphatic carbocycles. The third-order valence-corrected chi connectivity index (χ3v) is 11.3. The normalized spacial score (nSPS) is 11.2. The Morgan fingerprint density at radius 2 is 0.914 bits per heavy atom. The van der Waals surface area contributed by atoms with Crippen LogP contribution in [0, 0.1) is 11.8 Å². The maximum Gasteiger partial charge on any atom is 0.164 e. The van der Waals surface area contributed by atoms with Gasteiger partial charge in [0.2, 0.25) is 0 Å². The van der Waals surface area contributed by atoms with Crippen molar-refractivity contribution in [1.29, 1.82) is 0 Å². The minimum absolute atomic E-state index is 0.210. The number of rotatable bonds is 10. The van der Waals surface area contributed by atoms with Crippen LogP contribution in [0.25, 0.3) is 22.1 Å². The van der Waals surface area contributed by atoms with Crippen molar-refractivity contribution in [2.45, 2.75) is 59.1 Å². The Kier molecular flexibility index (Phi) is 11.1. The van der Waals surface area contributed by atoms with Crippen LogP contribution in [0.15, 0.2) is 141 Å². The standard InChI is InChI=1S/C46H38N8O2S2/c1-27(2)37-19-17-35-43(51-37)47-25-49-45(35)53-39-23-29(7-21-41(39)57-33-13-9-31(55)10-14-33)5-6-30-8-22-42(58-34-15-11-32(56)12-16-34)40(24-30)54-46-36-18-20-38(28(3)4)52-44(36)48-26-50-46/h7-28,55-56H,1-4H3,(H,47,49,51,53)(H,48,50,52,54). The summed E-state index contributed by atoms with van der Waals surface area (Å²) in [7, 11) is 0. The highest BCUT2D eigenvalue weighted by molar-refractivity contribution is 7.99. The van der Waals surface area contributed by atoms with Crippen LogP contribution >= 0.6 is 23.5 Å². The van der Waals surface area contributed by atoms with Gasteiger partial charge in [0.1, 0.15) is 35.8 Å². The molecule has 4 N–H and O–H groups in total. The van der Waals surface area contributed by atoms with Crippen LogP contribution < -0.4 is 10.6 Å². The number of fused-ring (bicyclic) bond motifs is 2. The molecule has 4 heterocycles. The molecule has 4 aromatic heterocycles. The maximum atomic E-state index is 9.89. The molecule has 0 aliphatic rings. The third-order valence-electron chi connectivity index (χ3n) is 9.17. The summed E-state index contributed by atoms with van der Waals surface area (Å²) in [6.07, 6.45) is 3.05. The quantitative estimate of drug-likeness (QED) is 0.0978. The number of hydrogen-bond donors (Lipinski definition) is 4. The van der Waals surface area contributed by atoms with E-state index in [1.165, 1.54) is 12.7 Å². The number of nitrogens with zero attached hydrogens (tertiary/aromatic N) is 6. The molecule has 286 valence electrons. The van der Waals surface area contributed by atoms with Crippen molar-refractivity contribution in [2.75, 3.05) is 10.6 Å². The Balaban J connectivity index is 1.15. The number of pyridine rings is 2. The number of anilines is 4. The SMILES string of the molecule is CC(C)c1ccc2c(Nc3cc(C#Cc4ccc(Sc5ccc(O)cc5)c(Nc5ncnc6nc(C(C)C)ccc56)c4)ccc3Sc3ccc(O)cc3)ncnc2n1.